The minimum Gasteiger partial charge on any atom is -0.343 e. The fourth-order valence-corrected chi connectivity index (χ4v) is 5.58. The lowest BCUT2D eigenvalue weighted by Gasteiger charge is -2.32. The van der Waals surface area contributed by atoms with Crippen molar-refractivity contribution in [3.8, 4) is 0 Å². The first-order chi connectivity index (χ1) is 17.2. The predicted octanol–water partition coefficient (Wildman–Crippen LogP) is 3.37. The van der Waals surface area contributed by atoms with Crippen molar-refractivity contribution in [3.63, 3.8) is 0 Å². The number of fused-ring (bicyclic) bond motifs is 1. The van der Waals surface area contributed by atoms with E-state index in [9.17, 15) is 18.0 Å². The molecule has 0 radical (unpaired) electrons. The van der Waals surface area contributed by atoms with Gasteiger partial charge in [0.25, 0.3) is 0 Å². The molecule has 0 bridgehead atoms. The van der Waals surface area contributed by atoms with Gasteiger partial charge in [-0.25, -0.2) is 8.42 Å². The van der Waals surface area contributed by atoms with Gasteiger partial charge in [0.2, 0.25) is 21.8 Å². The SMILES string of the molecule is Cc1ccc(S(=O)(=O)N[C@@H](Cc2ccccc2)C(=O)N[C@@H](C)C(=O)N2CCCc3ccccc32)cc1. The van der Waals surface area contributed by atoms with Crippen molar-refractivity contribution < 1.29 is 18.0 Å². The number of amides is 2. The zero-order valence-electron chi connectivity index (χ0n) is 20.5. The van der Waals surface area contributed by atoms with Gasteiger partial charge in [0.1, 0.15) is 12.1 Å². The summed E-state index contributed by atoms with van der Waals surface area (Å²) in [7, 11) is -3.96. The molecule has 188 valence electrons. The Labute approximate surface area is 212 Å². The van der Waals surface area contributed by atoms with Gasteiger partial charge in [-0.15, -0.1) is 0 Å². The first-order valence-electron chi connectivity index (χ1n) is 12.1. The van der Waals surface area contributed by atoms with Crippen molar-refractivity contribution in [2.45, 2.75) is 50.1 Å². The summed E-state index contributed by atoms with van der Waals surface area (Å²) in [5.74, 6) is -0.781. The van der Waals surface area contributed by atoms with Crippen LogP contribution in [0.5, 0.6) is 0 Å². The Hall–Kier alpha value is -3.49. The summed E-state index contributed by atoms with van der Waals surface area (Å²) in [5.41, 5.74) is 3.69. The van der Waals surface area contributed by atoms with Gasteiger partial charge >= 0.3 is 0 Å². The highest BCUT2D eigenvalue weighted by atomic mass is 32.2. The molecule has 36 heavy (non-hydrogen) atoms. The van der Waals surface area contributed by atoms with E-state index < -0.39 is 28.0 Å². The number of rotatable bonds is 8. The highest BCUT2D eigenvalue weighted by molar-refractivity contribution is 7.89. The van der Waals surface area contributed by atoms with Crippen molar-refractivity contribution in [2.24, 2.45) is 0 Å². The first-order valence-corrected chi connectivity index (χ1v) is 13.6. The molecule has 2 N–H and O–H groups in total. The van der Waals surface area contributed by atoms with E-state index in [1.165, 1.54) is 12.1 Å². The summed E-state index contributed by atoms with van der Waals surface area (Å²) in [6.45, 7) is 4.07. The number of carbonyl (C=O) groups excluding carboxylic acids is 2. The lowest BCUT2D eigenvalue weighted by atomic mass is 10.0. The van der Waals surface area contributed by atoms with Gasteiger partial charge in [0.15, 0.2) is 0 Å². The molecule has 3 aromatic rings. The number of sulfonamides is 1. The van der Waals surface area contributed by atoms with E-state index in [0.717, 1.165) is 35.2 Å². The standard InChI is InChI=1S/C28H31N3O4S/c1-20-14-16-24(17-15-20)36(34,35)30-25(19-22-9-4-3-5-10-22)27(32)29-21(2)28(33)31-18-8-12-23-11-6-7-13-26(23)31/h3-7,9-11,13-17,21,25,30H,8,12,18-19H2,1-2H3,(H,29,32)/t21-,25-/m0/s1. The summed E-state index contributed by atoms with van der Waals surface area (Å²) in [5, 5.41) is 2.75. The van der Waals surface area contributed by atoms with E-state index in [-0.39, 0.29) is 17.2 Å². The summed E-state index contributed by atoms with van der Waals surface area (Å²) in [6, 6.07) is 21.5. The van der Waals surface area contributed by atoms with E-state index in [4.69, 9.17) is 0 Å². The largest absolute Gasteiger partial charge is 0.343 e. The van der Waals surface area contributed by atoms with Gasteiger partial charge in [0, 0.05) is 12.2 Å². The topological polar surface area (TPSA) is 95.6 Å². The van der Waals surface area contributed by atoms with Gasteiger partial charge < -0.3 is 10.2 Å². The van der Waals surface area contributed by atoms with Gasteiger partial charge in [-0.05, 0) is 62.4 Å². The Balaban J connectivity index is 1.53. The molecular weight excluding hydrogens is 474 g/mol. The molecular formula is C28H31N3O4S. The molecule has 1 aliphatic rings. The molecule has 2 amide bonds. The van der Waals surface area contributed by atoms with Gasteiger partial charge in [-0.3, -0.25) is 9.59 Å². The quantitative estimate of drug-likeness (QED) is 0.491. The number of anilines is 1. The van der Waals surface area contributed by atoms with Crippen LogP contribution in [0, 0.1) is 6.92 Å². The van der Waals surface area contributed by atoms with Crippen LogP contribution in [0.1, 0.15) is 30.0 Å². The summed E-state index contributed by atoms with van der Waals surface area (Å²) in [6.07, 6.45) is 1.89. The van der Waals surface area contributed by atoms with Crippen molar-refractivity contribution in [1.82, 2.24) is 10.0 Å². The van der Waals surface area contributed by atoms with Crippen LogP contribution in [0.4, 0.5) is 5.69 Å². The lowest BCUT2D eigenvalue weighted by molar-refractivity contribution is -0.128. The van der Waals surface area contributed by atoms with E-state index in [1.54, 1.807) is 24.0 Å². The molecule has 0 saturated carbocycles. The van der Waals surface area contributed by atoms with E-state index >= 15 is 0 Å². The maximum Gasteiger partial charge on any atom is 0.249 e. The molecule has 0 aromatic heterocycles. The van der Waals surface area contributed by atoms with Crippen LogP contribution in [-0.4, -0.2) is 38.9 Å². The summed E-state index contributed by atoms with van der Waals surface area (Å²) >= 11 is 0. The maximum absolute atomic E-state index is 13.3. The summed E-state index contributed by atoms with van der Waals surface area (Å²) < 4.78 is 28.7. The monoisotopic (exact) mass is 505 g/mol. The minimum absolute atomic E-state index is 0.0769. The molecule has 8 heteroatoms. The van der Waals surface area contributed by atoms with E-state index in [0.29, 0.717) is 6.54 Å². The molecule has 0 spiro atoms. The van der Waals surface area contributed by atoms with Crippen LogP contribution in [0.2, 0.25) is 0 Å². The molecule has 2 atom stereocenters. The number of hydrogen-bond acceptors (Lipinski definition) is 4. The Morgan fingerprint density at radius 3 is 2.33 bits per heavy atom. The maximum atomic E-state index is 13.3. The Kier molecular flexibility index (Phi) is 7.86. The molecule has 7 nitrogen and oxygen atoms in total. The van der Waals surface area contributed by atoms with Crippen LogP contribution in [0.25, 0.3) is 0 Å². The van der Waals surface area contributed by atoms with E-state index in [1.807, 2.05) is 61.5 Å². The third-order valence-corrected chi connectivity index (χ3v) is 7.82. The number of carbonyl (C=O) groups is 2. The Bertz CT molecular complexity index is 1320. The van der Waals surface area contributed by atoms with Crippen LogP contribution in [-0.2, 0) is 32.5 Å². The molecule has 1 heterocycles. The second-order valence-electron chi connectivity index (χ2n) is 9.13. The van der Waals surface area contributed by atoms with Crippen LogP contribution < -0.4 is 14.9 Å². The lowest BCUT2D eigenvalue weighted by Crippen LogP contribution is -2.54. The van der Waals surface area contributed by atoms with Gasteiger partial charge in [-0.2, -0.15) is 4.72 Å². The number of para-hydroxylation sites is 1. The van der Waals surface area contributed by atoms with Crippen LogP contribution >= 0.6 is 0 Å². The number of aryl methyl sites for hydroxylation is 2. The molecule has 0 aliphatic carbocycles. The number of hydrogen-bond donors (Lipinski definition) is 2. The molecule has 0 unspecified atom stereocenters. The van der Waals surface area contributed by atoms with Crippen molar-refractivity contribution in [3.05, 3.63) is 95.6 Å². The number of nitrogens with zero attached hydrogens (tertiary/aromatic N) is 1. The first kappa shape index (κ1) is 25.6. The van der Waals surface area contributed by atoms with Crippen LogP contribution in [0.15, 0.2) is 83.8 Å². The van der Waals surface area contributed by atoms with Crippen molar-refractivity contribution in [1.29, 1.82) is 0 Å². The molecule has 0 saturated heterocycles. The van der Waals surface area contributed by atoms with Gasteiger partial charge in [0.05, 0.1) is 4.90 Å². The number of nitrogens with one attached hydrogen (secondary N) is 2. The fourth-order valence-electron chi connectivity index (χ4n) is 4.38. The van der Waals surface area contributed by atoms with Crippen molar-refractivity contribution >= 4 is 27.5 Å². The fraction of sp³-hybridized carbons (Fsp3) is 0.286. The van der Waals surface area contributed by atoms with E-state index in [2.05, 4.69) is 10.0 Å². The zero-order chi connectivity index (χ0) is 25.7. The third-order valence-electron chi connectivity index (χ3n) is 6.33. The second kappa shape index (κ2) is 11.1. The smallest absolute Gasteiger partial charge is 0.249 e. The molecule has 4 rings (SSSR count). The Morgan fingerprint density at radius 1 is 0.944 bits per heavy atom. The molecule has 1 aliphatic heterocycles. The molecule has 0 fully saturated rings. The normalized spacial score (nSPS) is 15.0. The van der Waals surface area contributed by atoms with Crippen LogP contribution in [0.3, 0.4) is 0 Å². The second-order valence-corrected chi connectivity index (χ2v) is 10.8. The van der Waals surface area contributed by atoms with Gasteiger partial charge in [-0.1, -0.05) is 66.2 Å². The molecule has 3 aromatic carbocycles. The van der Waals surface area contributed by atoms with Crippen molar-refractivity contribution in [2.75, 3.05) is 11.4 Å². The zero-order valence-corrected chi connectivity index (χ0v) is 21.3. The highest BCUT2D eigenvalue weighted by Gasteiger charge is 2.31. The predicted molar refractivity (Wildman–Crippen MR) is 140 cm³/mol. The average Bonchev–Trinajstić information content (AvgIpc) is 2.88. The third kappa shape index (κ3) is 6.01. The summed E-state index contributed by atoms with van der Waals surface area (Å²) in [4.78, 5) is 28.4. The highest BCUT2D eigenvalue weighted by Crippen LogP contribution is 2.27. The average molecular weight is 506 g/mol. The number of benzene rings is 3. The Morgan fingerprint density at radius 2 is 1.61 bits per heavy atom. The minimum atomic E-state index is -3.96.